The van der Waals surface area contributed by atoms with E-state index in [1.807, 2.05) is 24.3 Å². The first-order chi connectivity index (χ1) is 15.2. The lowest BCUT2D eigenvalue weighted by Gasteiger charge is -2.27. The van der Waals surface area contributed by atoms with Crippen LogP contribution in [-0.2, 0) is 10.8 Å². The molecule has 0 spiro atoms. The molecule has 3 aromatic rings. The summed E-state index contributed by atoms with van der Waals surface area (Å²) in [7, 11) is 0. The molecule has 1 heterocycles. The zero-order valence-electron chi connectivity index (χ0n) is 20.8. The molecule has 1 atom stereocenters. The summed E-state index contributed by atoms with van der Waals surface area (Å²) in [6.07, 6.45) is 2.54. The predicted octanol–water partition coefficient (Wildman–Crippen LogP) is 6.86. The van der Waals surface area contributed by atoms with Crippen LogP contribution in [0.2, 0.25) is 0 Å². The molecule has 176 valence electrons. The molecule has 0 radical (unpaired) electrons. The molecule has 0 bridgehead atoms. The van der Waals surface area contributed by atoms with Gasteiger partial charge in [0.05, 0.1) is 17.1 Å². The van der Waals surface area contributed by atoms with E-state index in [0.717, 1.165) is 27.6 Å². The van der Waals surface area contributed by atoms with Crippen LogP contribution in [0.5, 0.6) is 5.75 Å². The molecule has 1 aromatic heterocycles. The van der Waals surface area contributed by atoms with Crippen molar-refractivity contribution in [3.8, 4) is 5.75 Å². The highest BCUT2D eigenvalue weighted by atomic mass is 79.9. The van der Waals surface area contributed by atoms with Crippen molar-refractivity contribution in [2.75, 3.05) is 0 Å². The van der Waals surface area contributed by atoms with E-state index in [1.54, 1.807) is 12.3 Å². The second kappa shape index (κ2) is 9.05. The number of fused-ring (bicyclic) bond motifs is 1. The van der Waals surface area contributed by atoms with Crippen LogP contribution in [0.4, 0.5) is 0 Å². The number of aromatic hydroxyl groups is 1. The van der Waals surface area contributed by atoms with Gasteiger partial charge in [-0.1, -0.05) is 71.3 Å². The van der Waals surface area contributed by atoms with E-state index in [4.69, 9.17) is 4.98 Å². The van der Waals surface area contributed by atoms with Crippen LogP contribution in [0.25, 0.3) is 10.9 Å². The first-order valence-electron chi connectivity index (χ1n) is 11.4. The van der Waals surface area contributed by atoms with Gasteiger partial charge >= 0.3 is 0 Å². The highest BCUT2D eigenvalue weighted by Gasteiger charge is 2.26. The summed E-state index contributed by atoms with van der Waals surface area (Å²) in [6.45, 7) is 16.6. The Hall–Kier alpha value is -2.47. The van der Waals surface area contributed by atoms with E-state index < -0.39 is 0 Å². The third kappa shape index (κ3) is 5.21. The first-order valence-corrected chi connectivity index (χ1v) is 12.2. The maximum atomic E-state index is 13.4. The summed E-state index contributed by atoms with van der Waals surface area (Å²) >= 11 is 3.45. The number of phenolic OH excluding ortho intramolecular Hbond substituents is 1. The van der Waals surface area contributed by atoms with E-state index in [-0.39, 0.29) is 22.3 Å². The molecule has 0 amide bonds. The molecule has 0 unspecified atom stereocenters. The van der Waals surface area contributed by atoms with Gasteiger partial charge in [-0.2, -0.15) is 9.78 Å². The Balaban J connectivity index is 2.25. The van der Waals surface area contributed by atoms with E-state index in [2.05, 4.69) is 76.4 Å². The second-order valence-corrected chi connectivity index (χ2v) is 11.7. The second-order valence-electron chi connectivity index (χ2n) is 10.8. The van der Waals surface area contributed by atoms with Gasteiger partial charge in [-0.15, -0.1) is 0 Å². The van der Waals surface area contributed by atoms with Crippen molar-refractivity contribution in [1.29, 1.82) is 0 Å². The van der Waals surface area contributed by atoms with Gasteiger partial charge in [0.2, 0.25) is 0 Å². The summed E-state index contributed by atoms with van der Waals surface area (Å²) < 4.78 is 2.24. The van der Waals surface area contributed by atoms with Crippen LogP contribution >= 0.6 is 15.9 Å². The Bertz CT molecular complexity index is 1240. The molecular weight excluding hydrogens is 478 g/mol. The number of halogens is 1. The number of aromatic nitrogens is 2. The quantitative estimate of drug-likeness (QED) is 0.389. The van der Waals surface area contributed by atoms with Gasteiger partial charge in [0.25, 0.3) is 5.56 Å². The smallest absolute Gasteiger partial charge is 0.282 e. The maximum Gasteiger partial charge on any atom is 0.282 e. The molecule has 0 fully saturated rings. The summed E-state index contributed by atoms with van der Waals surface area (Å²) in [5, 5.41) is 16.1. The Morgan fingerprint density at radius 2 is 1.67 bits per heavy atom. The van der Waals surface area contributed by atoms with Crippen LogP contribution in [0, 0.1) is 0 Å². The van der Waals surface area contributed by atoms with Crippen molar-refractivity contribution < 1.29 is 5.11 Å². The number of nitrogens with zero attached hydrogens (tertiary/aromatic N) is 3. The van der Waals surface area contributed by atoms with E-state index >= 15 is 0 Å². The lowest BCUT2D eigenvalue weighted by molar-refractivity contribution is 0.423. The number of hydrogen-bond acceptors (Lipinski definition) is 4. The number of phenols is 1. The lowest BCUT2D eigenvalue weighted by atomic mass is 9.78. The van der Waals surface area contributed by atoms with Gasteiger partial charge in [-0.25, -0.2) is 4.98 Å². The molecule has 3 rings (SSSR count). The average Bonchev–Trinajstić information content (AvgIpc) is 2.71. The number of hydrogen-bond donors (Lipinski definition) is 1. The molecule has 0 aliphatic carbocycles. The van der Waals surface area contributed by atoms with Gasteiger partial charge in [0.1, 0.15) is 11.6 Å². The summed E-state index contributed by atoms with van der Waals surface area (Å²) in [6, 6.07) is 9.43. The standard InChI is InChI=1S/C27H34BrN3O2/c1-9-16(2)24-30-22-11-10-18(28)14-19(22)25(33)31(24)29-15-17-12-20(26(3,4)5)23(32)21(13-17)27(6,7)8/h10-16,32H,9H2,1-8H3/t16-/m1/s1. The minimum absolute atomic E-state index is 0.0676. The van der Waals surface area contributed by atoms with Crippen LogP contribution in [-0.4, -0.2) is 21.0 Å². The molecule has 0 saturated heterocycles. The van der Waals surface area contributed by atoms with E-state index in [1.165, 1.54) is 4.68 Å². The van der Waals surface area contributed by atoms with Crippen LogP contribution in [0.15, 0.2) is 44.7 Å². The normalized spacial score (nSPS) is 13.7. The minimum Gasteiger partial charge on any atom is -0.507 e. The fourth-order valence-electron chi connectivity index (χ4n) is 3.78. The van der Waals surface area contributed by atoms with Crippen molar-refractivity contribution >= 4 is 33.0 Å². The highest BCUT2D eigenvalue weighted by Crippen LogP contribution is 2.39. The zero-order valence-corrected chi connectivity index (χ0v) is 22.4. The Morgan fingerprint density at radius 1 is 1.09 bits per heavy atom. The predicted molar refractivity (Wildman–Crippen MR) is 141 cm³/mol. The molecule has 1 N–H and O–H groups in total. The maximum absolute atomic E-state index is 13.4. The molecule has 2 aromatic carbocycles. The van der Waals surface area contributed by atoms with Crippen molar-refractivity contribution in [3.63, 3.8) is 0 Å². The minimum atomic E-state index is -0.247. The van der Waals surface area contributed by atoms with Crippen LogP contribution < -0.4 is 5.56 Å². The Morgan fingerprint density at radius 3 is 2.18 bits per heavy atom. The van der Waals surface area contributed by atoms with Gasteiger partial charge in [0.15, 0.2) is 0 Å². The topological polar surface area (TPSA) is 67.5 Å². The molecule has 0 aliphatic heterocycles. The summed E-state index contributed by atoms with van der Waals surface area (Å²) in [5.41, 5.74) is 2.52. The molecule has 0 aliphatic rings. The summed E-state index contributed by atoms with van der Waals surface area (Å²) in [5.74, 6) is 1.03. The zero-order chi connectivity index (χ0) is 24.7. The monoisotopic (exact) mass is 511 g/mol. The fourth-order valence-corrected chi connectivity index (χ4v) is 4.14. The van der Waals surface area contributed by atoms with Crippen molar-refractivity contribution in [3.05, 3.63) is 67.7 Å². The van der Waals surface area contributed by atoms with Gasteiger partial charge < -0.3 is 5.11 Å². The third-order valence-electron chi connectivity index (χ3n) is 5.96. The average molecular weight is 512 g/mol. The SMILES string of the molecule is CC[C@@H](C)c1nc2ccc(Br)cc2c(=O)n1N=Cc1cc(C(C)(C)C)c(O)c(C(C)(C)C)c1. The number of benzene rings is 2. The van der Waals surface area contributed by atoms with Crippen molar-refractivity contribution in [2.45, 2.75) is 78.6 Å². The molecule has 5 nitrogen and oxygen atoms in total. The van der Waals surface area contributed by atoms with Gasteiger partial charge in [-0.05, 0) is 53.1 Å². The van der Waals surface area contributed by atoms with Crippen LogP contribution in [0.1, 0.15) is 90.2 Å². The number of rotatable bonds is 4. The Kier molecular flexibility index (Phi) is 6.90. The lowest BCUT2D eigenvalue weighted by Crippen LogP contribution is -2.24. The van der Waals surface area contributed by atoms with Gasteiger partial charge in [0, 0.05) is 21.5 Å². The Labute approximate surface area is 204 Å². The largest absolute Gasteiger partial charge is 0.507 e. The molecule has 33 heavy (non-hydrogen) atoms. The van der Waals surface area contributed by atoms with Gasteiger partial charge in [-0.3, -0.25) is 4.79 Å². The van der Waals surface area contributed by atoms with Crippen molar-refractivity contribution in [1.82, 2.24) is 9.66 Å². The highest BCUT2D eigenvalue weighted by molar-refractivity contribution is 9.10. The van der Waals surface area contributed by atoms with Crippen molar-refractivity contribution in [2.24, 2.45) is 5.10 Å². The third-order valence-corrected chi connectivity index (χ3v) is 6.45. The van der Waals surface area contributed by atoms with E-state index in [0.29, 0.717) is 22.5 Å². The molecule has 0 saturated carbocycles. The first kappa shape index (κ1) is 25.2. The summed E-state index contributed by atoms with van der Waals surface area (Å²) in [4.78, 5) is 18.2. The van der Waals surface area contributed by atoms with Crippen LogP contribution in [0.3, 0.4) is 0 Å². The molecule has 6 heteroatoms. The fraction of sp³-hybridized carbons (Fsp3) is 0.444. The van der Waals surface area contributed by atoms with E-state index in [9.17, 15) is 9.90 Å². The molecular formula is C27H34BrN3O2.